The van der Waals surface area contributed by atoms with Gasteiger partial charge in [0.1, 0.15) is 12.1 Å². The average molecular weight is 399 g/mol. The number of H-pyrrole nitrogens is 1. The van der Waals surface area contributed by atoms with Crippen LogP contribution in [0.25, 0.3) is 10.9 Å². The Bertz CT molecular complexity index is 928. The van der Waals surface area contributed by atoms with Crippen LogP contribution in [-0.4, -0.2) is 52.4 Å². The highest BCUT2D eigenvalue weighted by Crippen LogP contribution is 2.31. The molecular formula is C22H29N3O4. The van der Waals surface area contributed by atoms with Crippen molar-refractivity contribution in [2.45, 2.75) is 58.2 Å². The molecule has 2 amide bonds. The van der Waals surface area contributed by atoms with E-state index < -0.39 is 23.6 Å². The van der Waals surface area contributed by atoms with Crippen LogP contribution in [0.15, 0.2) is 30.5 Å². The molecule has 7 heteroatoms. The average Bonchev–Trinajstić information content (AvgIpc) is 3.17. The van der Waals surface area contributed by atoms with Crippen LogP contribution in [-0.2, 0) is 25.5 Å². The number of aromatic nitrogens is 1. The Kier molecular flexibility index (Phi) is 5.68. The van der Waals surface area contributed by atoms with E-state index in [0.29, 0.717) is 0 Å². The molecule has 0 unspecified atom stereocenters. The molecule has 156 valence electrons. The van der Waals surface area contributed by atoms with Crippen molar-refractivity contribution >= 4 is 28.7 Å². The number of esters is 1. The van der Waals surface area contributed by atoms with Crippen molar-refractivity contribution in [3.63, 3.8) is 0 Å². The highest BCUT2D eigenvalue weighted by Gasteiger charge is 2.48. The fraction of sp³-hybridized carbons (Fsp3) is 0.500. The van der Waals surface area contributed by atoms with E-state index in [-0.39, 0.29) is 30.6 Å². The molecule has 2 N–H and O–H groups in total. The largest absolute Gasteiger partial charge is 0.467 e. The molecule has 3 rings (SSSR count). The van der Waals surface area contributed by atoms with Gasteiger partial charge in [0.25, 0.3) is 0 Å². The third kappa shape index (κ3) is 4.28. The number of benzene rings is 1. The zero-order valence-corrected chi connectivity index (χ0v) is 17.6. The van der Waals surface area contributed by atoms with Gasteiger partial charge < -0.3 is 19.9 Å². The molecule has 7 nitrogen and oxygen atoms in total. The summed E-state index contributed by atoms with van der Waals surface area (Å²) in [5.41, 5.74) is 1.42. The zero-order chi connectivity index (χ0) is 21.3. The molecule has 3 atom stereocenters. The third-order valence-electron chi connectivity index (χ3n) is 5.29. The smallest absolute Gasteiger partial charge is 0.328 e. The lowest BCUT2D eigenvalue weighted by atomic mass is 9.98. The maximum Gasteiger partial charge on any atom is 0.328 e. The summed E-state index contributed by atoms with van der Waals surface area (Å²) in [5, 5.41) is 3.93. The van der Waals surface area contributed by atoms with Crippen molar-refractivity contribution in [3.05, 3.63) is 36.0 Å². The number of rotatable bonds is 5. The zero-order valence-electron chi connectivity index (χ0n) is 17.6. The maximum atomic E-state index is 13.0. The molecule has 2 heterocycles. The Hall–Kier alpha value is -2.83. The molecule has 1 fully saturated rings. The van der Waals surface area contributed by atoms with Crippen molar-refractivity contribution in [1.29, 1.82) is 0 Å². The minimum Gasteiger partial charge on any atom is -0.467 e. The van der Waals surface area contributed by atoms with E-state index in [1.165, 1.54) is 12.0 Å². The fourth-order valence-electron chi connectivity index (χ4n) is 4.06. The fourth-order valence-corrected chi connectivity index (χ4v) is 4.06. The molecule has 1 aliphatic rings. The van der Waals surface area contributed by atoms with E-state index in [1.54, 1.807) is 0 Å². The van der Waals surface area contributed by atoms with E-state index >= 15 is 0 Å². The summed E-state index contributed by atoms with van der Waals surface area (Å²) in [6.07, 6.45) is 2.34. The lowest BCUT2D eigenvalue weighted by molar-refractivity contribution is -0.154. The van der Waals surface area contributed by atoms with Crippen LogP contribution < -0.4 is 5.32 Å². The molecule has 1 saturated heterocycles. The second kappa shape index (κ2) is 7.89. The summed E-state index contributed by atoms with van der Waals surface area (Å²) in [5.74, 6) is -1.17. The predicted octanol–water partition coefficient (Wildman–Crippen LogP) is 2.40. The Morgan fingerprint density at radius 3 is 2.66 bits per heavy atom. The summed E-state index contributed by atoms with van der Waals surface area (Å²) in [6, 6.07) is 6.19. The quantitative estimate of drug-likeness (QED) is 0.756. The first-order valence-electron chi connectivity index (χ1n) is 9.88. The van der Waals surface area contributed by atoms with Crippen LogP contribution in [0.1, 0.15) is 39.7 Å². The van der Waals surface area contributed by atoms with Gasteiger partial charge in [-0.05, 0) is 38.3 Å². The van der Waals surface area contributed by atoms with Crippen LogP contribution >= 0.6 is 0 Å². The van der Waals surface area contributed by atoms with Crippen LogP contribution in [0.5, 0.6) is 0 Å². The highest BCUT2D eigenvalue weighted by molar-refractivity contribution is 5.95. The standard InChI is InChI=1S/C22H29N3O4/c1-13-10-18(26)25(19(13)20(27)24-22(2,3)4)17(21(28)29-5)11-14-12-23-16-9-7-6-8-15(14)16/h6-9,12-13,17,19,23H,10-11H2,1-5H3,(H,24,27)/t13-,17-,19+/m0/s1. The number of hydrogen-bond donors (Lipinski definition) is 2. The van der Waals surface area contributed by atoms with E-state index in [4.69, 9.17) is 4.74 Å². The number of fused-ring (bicyclic) bond motifs is 1. The summed E-state index contributed by atoms with van der Waals surface area (Å²) < 4.78 is 5.02. The summed E-state index contributed by atoms with van der Waals surface area (Å²) in [7, 11) is 1.30. The van der Waals surface area contributed by atoms with Gasteiger partial charge in [0.2, 0.25) is 11.8 Å². The summed E-state index contributed by atoms with van der Waals surface area (Å²) in [4.78, 5) is 43.2. The first kappa shape index (κ1) is 20.9. The number of carbonyl (C=O) groups excluding carboxylic acids is 3. The molecular weight excluding hydrogens is 370 g/mol. The minimum absolute atomic E-state index is 0.194. The molecule has 0 aliphatic carbocycles. The Labute approximate surface area is 170 Å². The topological polar surface area (TPSA) is 91.5 Å². The first-order chi connectivity index (χ1) is 13.6. The Morgan fingerprint density at radius 1 is 1.31 bits per heavy atom. The molecule has 1 aliphatic heterocycles. The van der Waals surface area contributed by atoms with Gasteiger partial charge in [-0.2, -0.15) is 0 Å². The summed E-state index contributed by atoms with van der Waals surface area (Å²) in [6.45, 7) is 7.53. The lowest BCUT2D eigenvalue weighted by Gasteiger charge is -2.34. The molecule has 2 aromatic rings. The number of ether oxygens (including phenoxy) is 1. The normalized spacial score (nSPS) is 20.7. The second-order valence-corrected chi connectivity index (χ2v) is 8.77. The molecule has 0 spiro atoms. The number of hydrogen-bond acceptors (Lipinski definition) is 4. The van der Waals surface area contributed by atoms with Crippen molar-refractivity contribution in [1.82, 2.24) is 15.2 Å². The van der Waals surface area contributed by atoms with Gasteiger partial charge >= 0.3 is 5.97 Å². The van der Waals surface area contributed by atoms with Crippen molar-refractivity contribution < 1.29 is 19.1 Å². The number of likely N-dealkylation sites (tertiary alicyclic amines) is 1. The van der Waals surface area contributed by atoms with Gasteiger partial charge in [0.15, 0.2) is 0 Å². The first-order valence-corrected chi connectivity index (χ1v) is 9.88. The molecule has 0 bridgehead atoms. The van der Waals surface area contributed by atoms with Gasteiger partial charge in [-0.25, -0.2) is 4.79 Å². The van der Waals surface area contributed by atoms with Gasteiger partial charge in [0, 0.05) is 35.5 Å². The van der Waals surface area contributed by atoms with E-state index in [1.807, 2.05) is 58.2 Å². The molecule has 1 aromatic heterocycles. The monoisotopic (exact) mass is 399 g/mol. The predicted molar refractivity (Wildman–Crippen MR) is 110 cm³/mol. The van der Waals surface area contributed by atoms with Gasteiger partial charge in [-0.1, -0.05) is 25.1 Å². The number of methoxy groups -OCH3 is 1. The van der Waals surface area contributed by atoms with E-state index in [9.17, 15) is 14.4 Å². The maximum absolute atomic E-state index is 13.0. The van der Waals surface area contributed by atoms with Gasteiger partial charge in [0.05, 0.1) is 7.11 Å². The van der Waals surface area contributed by atoms with Crippen molar-refractivity contribution in [3.8, 4) is 0 Å². The van der Waals surface area contributed by atoms with Crippen molar-refractivity contribution in [2.75, 3.05) is 7.11 Å². The van der Waals surface area contributed by atoms with Crippen LogP contribution in [0.4, 0.5) is 0 Å². The molecule has 29 heavy (non-hydrogen) atoms. The molecule has 1 aromatic carbocycles. The second-order valence-electron chi connectivity index (χ2n) is 8.77. The SMILES string of the molecule is COC(=O)[C@H](Cc1c[nH]c2ccccc12)N1C(=O)C[C@H](C)[C@@H]1C(=O)NC(C)(C)C. The van der Waals surface area contributed by atoms with E-state index in [0.717, 1.165) is 16.5 Å². The molecule has 0 saturated carbocycles. The van der Waals surface area contributed by atoms with Gasteiger partial charge in [-0.15, -0.1) is 0 Å². The van der Waals surface area contributed by atoms with Crippen molar-refractivity contribution in [2.24, 2.45) is 5.92 Å². The lowest BCUT2D eigenvalue weighted by Crippen LogP contribution is -2.57. The van der Waals surface area contributed by atoms with Crippen LogP contribution in [0.2, 0.25) is 0 Å². The highest BCUT2D eigenvalue weighted by atomic mass is 16.5. The number of nitrogens with one attached hydrogen (secondary N) is 2. The van der Waals surface area contributed by atoms with Gasteiger partial charge in [-0.3, -0.25) is 9.59 Å². The third-order valence-corrected chi connectivity index (χ3v) is 5.29. The van der Waals surface area contributed by atoms with Crippen LogP contribution in [0, 0.1) is 5.92 Å². The van der Waals surface area contributed by atoms with Crippen LogP contribution in [0.3, 0.4) is 0 Å². The van der Waals surface area contributed by atoms with E-state index in [2.05, 4.69) is 10.3 Å². The Morgan fingerprint density at radius 2 is 2.00 bits per heavy atom. The number of carbonyl (C=O) groups is 3. The Balaban J connectivity index is 1.96. The molecule has 0 radical (unpaired) electrons. The number of amides is 2. The number of nitrogens with zero attached hydrogens (tertiary/aromatic N) is 1. The number of para-hydroxylation sites is 1. The number of aromatic amines is 1. The minimum atomic E-state index is -0.868. The summed E-state index contributed by atoms with van der Waals surface area (Å²) >= 11 is 0.